The first-order valence-corrected chi connectivity index (χ1v) is 8.26. The molecular weight excluding hydrogens is 284 g/mol. The smallest absolute Gasteiger partial charge is 0.242 e. The highest BCUT2D eigenvalue weighted by molar-refractivity contribution is 7.89. The Bertz CT molecular complexity index is 560. The van der Waals surface area contributed by atoms with Crippen LogP contribution in [0.15, 0.2) is 23.1 Å². The standard InChI is InChI=1S/C13H19ClN2O2S/c1-9-6-7-15-8-11(9)16-19(17,18)12-5-3-4-10(2)13(12)14/h3-5,9,11,15-16H,6-8H2,1-2H3. The van der Waals surface area contributed by atoms with Crippen LogP contribution in [0, 0.1) is 12.8 Å². The van der Waals surface area contributed by atoms with E-state index in [0.717, 1.165) is 18.5 Å². The van der Waals surface area contributed by atoms with Crippen LogP contribution < -0.4 is 10.0 Å². The van der Waals surface area contributed by atoms with Crippen LogP contribution in [-0.4, -0.2) is 27.5 Å². The molecule has 1 aliphatic heterocycles. The maximum atomic E-state index is 12.4. The molecule has 0 radical (unpaired) electrons. The number of halogens is 1. The zero-order valence-electron chi connectivity index (χ0n) is 11.1. The summed E-state index contributed by atoms with van der Waals surface area (Å²) in [5.41, 5.74) is 0.763. The van der Waals surface area contributed by atoms with Gasteiger partial charge in [-0.25, -0.2) is 13.1 Å². The summed E-state index contributed by atoms with van der Waals surface area (Å²) in [5.74, 6) is 0.319. The van der Waals surface area contributed by atoms with Crippen LogP contribution in [0.5, 0.6) is 0 Å². The zero-order chi connectivity index (χ0) is 14.0. The lowest BCUT2D eigenvalue weighted by molar-refractivity contribution is 0.327. The van der Waals surface area contributed by atoms with E-state index >= 15 is 0 Å². The van der Waals surface area contributed by atoms with Gasteiger partial charge in [0.05, 0.1) is 5.02 Å². The molecule has 1 saturated heterocycles. The second-order valence-corrected chi connectivity index (χ2v) is 7.15. The second kappa shape index (κ2) is 5.79. The van der Waals surface area contributed by atoms with Crippen LogP contribution in [0.2, 0.25) is 5.02 Å². The van der Waals surface area contributed by atoms with Gasteiger partial charge in [0.1, 0.15) is 4.90 Å². The number of aryl methyl sites for hydroxylation is 1. The lowest BCUT2D eigenvalue weighted by atomic mass is 9.96. The third-order valence-corrected chi connectivity index (χ3v) is 5.73. The second-order valence-electron chi connectivity index (χ2n) is 5.08. The van der Waals surface area contributed by atoms with Crippen molar-refractivity contribution in [3.8, 4) is 0 Å². The first kappa shape index (κ1) is 14.8. The number of benzene rings is 1. The fourth-order valence-corrected chi connectivity index (χ4v) is 4.16. The molecule has 0 amide bonds. The van der Waals surface area contributed by atoms with Crippen molar-refractivity contribution in [3.63, 3.8) is 0 Å². The Morgan fingerprint density at radius 1 is 1.42 bits per heavy atom. The van der Waals surface area contributed by atoms with E-state index in [0.29, 0.717) is 17.5 Å². The van der Waals surface area contributed by atoms with Gasteiger partial charge in [0.2, 0.25) is 10.0 Å². The van der Waals surface area contributed by atoms with Gasteiger partial charge in [-0.15, -0.1) is 0 Å². The monoisotopic (exact) mass is 302 g/mol. The summed E-state index contributed by atoms with van der Waals surface area (Å²) in [6.45, 7) is 5.45. The predicted octanol–water partition coefficient (Wildman–Crippen LogP) is 1.92. The van der Waals surface area contributed by atoms with Crippen molar-refractivity contribution in [1.82, 2.24) is 10.0 Å². The molecule has 0 saturated carbocycles. The number of rotatable bonds is 3. The molecule has 4 nitrogen and oxygen atoms in total. The topological polar surface area (TPSA) is 58.2 Å². The molecule has 6 heteroatoms. The quantitative estimate of drug-likeness (QED) is 0.897. The maximum absolute atomic E-state index is 12.4. The molecule has 1 aromatic carbocycles. The van der Waals surface area contributed by atoms with Crippen molar-refractivity contribution in [2.45, 2.75) is 31.2 Å². The molecule has 1 heterocycles. The molecule has 1 aromatic rings. The highest BCUT2D eigenvalue weighted by Gasteiger charge is 2.28. The Balaban J connectivity index is 2.25. The molecule has 1 fully saturated rings. The number of nitrogens with one attached hydrogen (secondary N) is 2. The van der Waals surface area contributed by atoms with E-state index in [1.165, 1.54) is 0 Å². The molecule has 0 bridgehead atoms. The zero-order valence-corrected chi connectivity index (χ0v) is 12.7. The molecule has 106 valence electrons. The number of sulfonamides is 1. The molecule has 0 spiro atoms. The minimum absolute atomic E-state index is 0.0877. The van der Waals surface area contributed by atoms with Crippen molar-refractivity contribution in [1.29, 1.82) is 0 Å². The number of hydrogen-bond donors (Lipinski definition) is 2. The molecule has 2 N–H and O–H groups in total. The summed E-state index contributed by atoms with van der Waals surface area (Å²) in [6.07, 6.45) is 0.967. The largest absolute Gasteiger partial charge is 0.315 e. The van der Waals surface area contributed by atoms with Crippen molar-refractivity contribution < 1.29 is 8.42 Å². The average molecular weight is 303 g/mol. The van der Waals surface area contributed by atoms with Crippen molar-refractivity contribution >= 4 is 21.6 Å². The van der Waals surface area contributed by atoms with Gasteiger partial charge < -0.3 is 5.32 Å². The van der Waals surface area contributed by atoms with Crippen molar-refractivity contribution in [2.24, 2.45) is 5.92 Å². The van der Waals surface area contributed by atoms with E-state index in [4.69, 9.17) is 11.6 Å². The highest BCUT2D eigenvalue weighted by atomic mass is 35.5. The molecule has 2 unspecified atom stereocenters. The summed E-state index contributed by atoms with van der Waals surface area (Å²) in [5, 5.41) is 3.50. The third-order valence-electron chi connectivity index (χ3n) is 3.58. The van der Waals surface area contributed by atoms with Crippen molar-refractivity contribution in [2.75, 3.05) is 13.1 Å². The fourth-order valence-electron chi connectivity index (χ4n) is 2.24. The first-order chi connectivity index (χ1) is 8.92. The van der Waals surface area contributed by atoms with Gasteiger partial charge in [0.25, 0.3) is 0 Å². The Kier molecular flexibility index (Phi) is 4.50. The normalized spacial score (nSPS) is 24.4. The minimum atomic E-state index is -3.57. The van der Waals surface area contributed by atoms with Gasteiger partial charge in [-0.05, 0) is 37.4 Å². The van der Waals surface area contributed by atoms with Gasteiger partial charge in [0.15, 0.2) is 0 Å². The van der Waals surface area contributed by atoms with Gasteiger partial charge >= 0.3 is 0 Å². The molecular formula is C13H19ClN2O2S. The highest BCUT2D eigenvalue weighted by Crippen LogP contribution is 2.25. The Labute approximate surface area is 119 Å². The van der Waals surface area contributed by atoms with Gasteiger partial charge in [0, 0.05) is 12.6 Å². The fraction of sp³-hybridized carbons (Fsp3) is 0.538. The molecule has 19 heavy (non-hydrogen) atoms. The summed E-state index contributed by atoms with van der Waals surface area (Å²) >= 11 is 6.10. The molecule has 0 aromatic heterocycles. The van der Waals surface area contributed by atoms with Crippen LogP contribution in [0.1, 0.15) is 18.9 Å². The summed E-state index contributed by atoms with van der Waals surface area (Å²) in [7, 11) is -3.57. The molecule has 2 rings (SSSR count). The predicted molar refractivity (Wildman–Crippen MR) is 76.9 cm³/mol. The summed E-state index contributed by atoms with van der Waals surface area (Å²) in [4.78, 5) is 0.159. The molecule has 2 atom stereocenters. The van der Waals surface area contributed by atoms with E-state index in [2.05, 4.69) is 17.0 Å². The Morgan fingerprint density at radius 3 is 2.84 bits per heavy atom. The first-order valence-electron chi connectivity index (χ1n) is 6.40. The van der Waals surface area contributed by atoms with Crippen LogP contribution >= 0.6 is 11.6 Å². The van der Waals surface area contributed by atoms with Crippen LogP contribution in [0.25, 0.3) is 0 Å². The van der Waals surface area contributed by atoms with Crippen LogP contribution in [-0.2, 0) is 10.0 Å². The van der Waals surface area contributed by atoms with E-state index in [1.807, 2.05) is 0 Å². The van der Waals surface area contributed by atoms with Gasteiger partial charge in [-0.3, -0.25) is 0 Å². The average Bonchev–Trinajstić information content (AvgIpc) is 2.35. The number of piperidine rings is 1. The van der Waals surface area contributed by atoms with Crippen molar-refractivity contribution in [3.05, 3.63) is 28.8 Å². The molecule has 1 aliphatic rings. The number of hydrogen-bond acceptors (Lipinski definition) is 3. The minimum Gasteiger partial charge on any atom is -0.315 e. The Morgan fingerprint density at radius 2 is 2.16 bits per heavy atom. The third kappa shape index (κ3) is 3.28. The van der Waals surface area contributed by atoms with E-state index in [1.54, 1.807) is 25.1 Å². The Hall–Kier alpha value is -0.620. The van der Waals surface area contributed by atoms with Gasteiger partial charge in [-0.1, -0.05) is 30.7 Å². The lowest BCUT2D eigenvalue weighted by Crippen LogP contribution is -2.50. The van der Waals surface area contributed by atoms with Crippen LogP contribution in [0.3, 0.4) is 0 Å². The summed E-state index contributed by atoms with van der Waals surface area (Å²) < 4.78 is 27.5. The molecule has 0 aliphatic carbocycles. The van der Waals surface area contributed by atoms with E-state index in [9.17, 15) is 8.42 Å². The summed E-state index contributed by atoms with van der Waals surface area (Å²) in [6, 6.07) is 4.96. The van der Waals surface area contributed by atoms with E-state index in [-0.39, 0.29) is 10.9 Å². The van der Waals surface area contributed by atoms with E-state index < -0.39 is 10.0 Å². The van der Waals surface area contributed by atoms with Crippen LogP contribution in [0.4, 0.5) is 0 Å². The SMILES string of the molecule is Cc1cccc(S(=O)(=O)NC2CNCCC2C)c1Cl. The van der Waals surface area contributed by atoms with Gasteiger partial charge in [-0.2, -0.15) is 0 Å². The lowest BCUT2D eigenvalue weighted by Gasteiger charge is -2.30. The maximum Gasteiger partial charge on any atom is 0.242 e.